The Labute approximate surface area is 111 Å². The van der Waals surface area contributed by atoms with Gasteiger partial charge in [0.25, 0.3) is 0 Å². The van der Waals surface area contributed by atoms with Gasteiger partial charge in [-0.3, -0.25) is 0 Å². The van der Waals surface area contributed by atoms with Crippen LogP contribution in [0.15, 0.2) is 21.3 Å². The molecule has 0 spiro atoms. The summed E-state index contributed by atoms with van der Waals surface area (Å²) in [5.74, 6) is 0.0874. The fourth-order valence-electron chi connectivity index (χ4n) is 1.62. The van der Waals surface area contributed by atoms with Crippen molar-refractivity contribution in [3.63, 3.8) is 0 Å². The number of aromatic nitrogens is 1. The number of rotatable bonds is 3. The second-order valence-electron chi connectivity index (χ2n) is 3.39. The summed E-state index contributed by atoms with van der Waals surface area (Å²) < 4.78 is 29.5. The minimum atomic E-state index is -0.525. The summed E-state index contributed by atoms with van der Waals surface area (Å²) in [7, 11) is 2.88. The smallest absolute Gasteiger partial charge is 0.230 e. The Bertz CT molecular complexity index is 586. The number of hydrogen-bond acceptors (Lipinski definition) is 5. The van der Waals surface area contributed by atoms with Gasteiger partial charge in [0.1, 0.15) is 5.82 Å². The maximum Gasteiger partial charge on any atom is 0.230 e. The molecule has 0 unspecified atom stereocenters. The van der Waals surface area contributed by atoms with Gasteiger partial charge in [-0.05, 0) is 15.9 Å². The molecule has 0 aliphatic carbocycles. The first kappa shape index (κ1) is 12.7. The van der Waals surface area contributed by atoms with Crippen molar-refractivity contribution >= 4 is 21.8 Å². The maximum atomic E-state index is 14.2. The minimum absolute atomic E-state index is 0.00681. The van der Waals surface area contributed by atoms with Gasteiger partial charge in [0.05, 0.1) is 36.0 Å². The number of anilines is 1. The number of halogens is 2. The molecule has 2 rings (SSSR count). The van der Waals surface area contributed by atoms with Crippen molar-refractivity contribution < 1.29 is 18.4 Å². The highest BCUT2D eigenvalue weighted by atomic mass is 79.9. The lowest BCUT2D eigenvalue weighted by Gasteiger charge is -2.13. The summed E-state index contributed by atoms with van der Waals surface area (Å²) >= 11 is 3.11. The van der Waals surface area contributed by atoms with E-state index < -0.39 is 5.82 Å². The molecular formula is C11H10BrFN2O3. The van der Waals surface area contributed by atoms with E-state index >= 15 is 0 Å². The van der Waals surface area contributed by atoms with E-state index in [4.69, 9.17) is 19.7 Å². The van der Waals surface area contributed by atoms with E-state index in [9.17, 15) is 4.39 Å². The van der Waals surface area contributed by atoms with Crippen molar-refractivity contribution in [1.82, 2.24) is 5.16 Å². The van der Waals surface area contributed by atoms with Crippen LogP contribution in [0.25, 0.3) is 11.1 Å². The fraction of sp³-hybridized carbons (Fsp3) is 0.182. The van der Waals surface area contributed by atoms with E-state index in [1.807, 2.05) is 0 Å². The largest absolute Gasteiger partial charge is 0.493 e. The molecule has 1 aromatic carbocycles. The van der Waals surface area contributed by atoms with Crippen LogP contribution in [-0.2, 0) is 0 Å². The standard InChI is InChI=1S/C11H10BrFN2O3/c1-16-7-3-6(12)9(13)8(10(7)17-2)5-4-15-18-11(5)14/h3-4H,14H2,1-2H3. The van der Waals surface area contributed by atoms with Crippen LogP contribution in [0.4, 0.5) is 10.3 Å². The van der Waals surface area contributed by atoms with Gasteiger partial charge < -0.3 is 19.7 Å². The predicted molar refractivity (Wildman–Crippen MR) is 67.1 cm³/mol. The minimum Gasteiger partial charge on any atom is -0.493 e. The number of nitrogens with zero attached hydrogens (tertiary/aromatic N) is 1. The molecule has 0 bridgehead atoms. The first-order valence-electron chi connectivity index (χ1n) is 4.90. The van der Waals surface area contributed by atoms with Gasteiger partial charge in [0.2, 0.25) is 5.88 Å². The molecule has 0 saturated carbocycles. The Morgan fingerprint density at radius 1 is 1.39 bits per heavy atom. The molecule has 1 aromatic heterocycles. The van der Waals surface area contributed by atoms with Gasteiger partial charge in [-0.15, -0.1) is 0 Å². The molecular weight excluding hydrogens is 307 g/mol. The first-order chi connectivity index (χ1) is 8.60. The highest BCUT2D eigenvalue weighted by molar-refractivity contribution is 9.10. The van der Waals surface area contributed by atoms with Crippen LogP contribution in [0.1, 0.15) is 0 Å². The van der Waals surface area contributed by atoms with Crippen LogP contribution >= 0.6 is 15.9 Å². The number of nitrogen functional groups attached to an aromatic ring is 1. The summed E-state index contributed by atoms with van der Waals surface area (Å²) in [5, 5.41) is 3.52. The van der Waals surface area contributed by atoms with Gasteiger partial charge in [-0.2, -0.15) is 0 Å². The number of nitrogens with two attached hydrogens (primary N) is 1. The van der Waals surface area contributed by atoms with Crippen LogP contribution < -0.4 is 15.2 Å². The monoisotopic (exact) mass is 316 g/mol. The zero-order valence-corrected chi connectivity index (χ0v) is 11.2. The molecule has 2 aromatic rings. The molecule has 2 N–H and O–H groups in total. The SMILES string of the molecule is COc1cc(Br)c(F)c(-c2cnoc2N)c1OC. The first-order valence-corrected chi connectivity index (χ1v) is 5.70. The summed E-state index contributed by atoms with van der Waals surface area (Å²) in [5.41, 5.74) is 6.05. The highest BCUT2D eigenvalue weighted by Crippen LogP contribution is 2.44. The Morgan fingerprint density at radius 3 is 2.61 bits per heavy atom. The molecule has 0 aliphatic rings. The molecule has 0 saturated heterocycles. The average molecular weight is 317 g/mol. The summed E-state index contributed by atoms with van der Waals surface area (Å²) in [4.78, 5) is 0. The van der Waals surface area contributed by atoms with E-state index in [0.29, 0.717) is 11.3 Å². The zero-order valence-electron chi connectivity index (χ0n) is 9.66. The lowest BCUT2D eigenvalue weighted by atomic mass is 10.1. The summed E-state index contributed by atoms with van der Waals surface area (Å²) in [6, 6.07) is 1.47. The van der Waals surface area contributed by atoms with Crippen molar-refractivity contribution in [3.8, 4) is 22.6 Å². The van der Waals surface area contributed by atoms with E-state index in [2.05, 4.69) is 21.1 Å². The molecule has 18 heavy (non-hydrogen) atoms. The van der Waals surface area contributed by atoms with Crippen LogP contribution in [0.2, 0.25) is 0 Å². The number of methoxy groups -OCH3 is 2. The van der Waals surface area contributed by atoms with E-state index in [-0.39, 0.29) is 21.7 Å². The van der Waals surface area contributed by atoms with Crippen LogP contribution in [0, 0.1) is 5.82 Å². The van der Waals surface area contributed by atoms with Crippen LogP contribution in [0.3, 0.4) is 0 Å². The fourth-order valence-corrected chi connectivity index (χ4v) is 2.02. The highest BCUT2D eigenvalue weighted by Gasteiger charge is 2.23. The molecule has 0 fully saturated rings. The number of hydrogen-bond donors (Lipinski definition) is 1. The van der Waals surface area contributed by atoms with Crippen LogP contribution in [-0.4, -0.2) is 19.4 Å². The Balaban J connectivity index is 2.79. The van der Waals surface area contributed by atoms with Gasteiger partial charge >= 0.3 is 0 Å². The maximum absolute atomic E-state index is 14.2. The third kappa shape index (κ3) is 1.90. The second kappa shape index (κ2) is 4.85. The number of benzene rings is 1. The molecule has 0 radical (unpaired) electrons. The van der Waals surface area contributed by atoms with Crippen molar-refractivity contribution in [2.24, 2.45) is 0 Å². The predicted octanol–water partition coefficient (Wildman–Crippen LogP) is 2.84. The normalized spacial score (nSPS) is 10.4. The van der Waals surface area contributed by atoms with Crippen molar-refractivity contribution in [1.29, 1.82) is 0 Å². The van der Waals surface area contributed by atoms with E-state index in [1.165, 1.54) is 26.5 Å². The number of ether oxygens (including phenoxy) is 2. The van der Waals surface area contributed by atoms with Crippen molar-refractivity contribution in [2.75, 3.05) is 20.0 Å². The third-order valence-electron chi connectivity index (χ3n) is 2.43. The molecule has 0 amide bonds. The van der Waals surface area contributed by atoms with E-state index in [1.54, 1.807) is 0 Å². The van der Waals surface area contributed by atoms with E-state index in [0.717, 1.165) is 0 Å². The molecule has 7 heteroatoms. The molecule has 0 atom stereocenters. The zero-order chi connectivity index (χ0) is 13.3. The van der Waals surface area contributed by atoms with Gasteiger partial charge in [0.15, 0.2) is 11.5 Å². The Kier molecular flexibility index (Phi) is 3.42. The quantitative estimate of drug-likeness (QED) is 0.942. The lowest BCUT2D eigenvalue weighted by molar-refractivity contribution is 0.353. The second-order valence-corrected chi connectivity index (χ2v) is 4.24. The van der Waals surface area contributed by atoms with Gasteiger partial charge in [-0.1, -0.05) is 5.16 Å². The average Bonchev–Trinajstić information content (AvgIpc) is 2.78. The molecule has 0 aliphatic heterocycles. The van der Waals surface area contributed by atoms with Crippen molar-refractivity contribution in [2.45, 2.75) is 0 Å². The lowest BCUT2D eigenvalue weighted by Crippen LogP contribution is -1.98. The van der Waals surface area contributed by atoms with Crippen molar-refractivity contribution in [3.05, 3.63) is 22.6 Å². The molecule has 5 nitrogen and oxygen atoms in total. The third-order valence-corrected chi connectivity index (χ3v) is 3.01. The Morgan fingerprint density at radius 2 is 2.11 bits per heavy atom. The van der Waals surface area contributed by atoms with Crippen LogP contribution in [0.5, 0.6) is 11.5 Å². The topological polar surface area (TPSA) is 70.5 Å². The van der Waals surface area contributed by atoms with Gasteiger partial charge in [-0.25, -0.2) is 4.39 Å². The summed E-state index contributed by atoms with van der Waals surface area (Å²) in [6.07, 6.45) is 1.32. The van der Waals surface area contributed by atoms with Gasteiger partial charge in [0, 0.05) is 6.07 Å². The Hall–Kier alpha value is -1.76. The molecule has 96 valence electrons. The molecule has 1 heterocycles. The summed E-state index contributed by atoms with van der Waals surface area (Å²) in [6.45, 7) is 0.